The summed E-state index contributed by atoms with van der Waals surface area (Å²) in [6, 6.07) is 15.9. The fraction of sp³-hybridized carbons (Fsp3) is 0.211. The van der Waals surface area contributed by atoms with Crippen LogP contribution in [0.1, 0.15) is 17.5 Å². The Bertz CT molecular complexity index is 779. The average Bonchev–Trinajstić information content (AvgIpc) is 2.61. The van der Waals surface area contributed by atoms with Gasteiger partial charge in [-0.1, -0.05) is 12.1 Å². The molecule has 25 heavy (non-hydrogen) atoms. The first-order valence-electron chi connectivity index (χ1n) is 7.72. The summed E-state index contributed by atoms with van der Waals surface area (Å²) in [5, 5.41) is 11.3. The molecule has 0 aromatic heterocycles. The molecule has 0 aliphatic heterocycles. The van der Waals surface area contributed by atoms with Crippen LogP contribution in [0.5, 0.6) is 5.75 Å². The Kier molecular flexibility index (Phi) is 6.55. The summed E-state index contributed by atoms with van der Waals surface area (Å²) >= 11 is 0. The van der Waals surface area contributed by atoms with Crippen molar-refractivity contribution in [3.8, 4) is 11.8 Å². The molecular formula is C19H18N2O4. The average molecular weight is 338 g/mol. The van der Waals surface area contributed by atoms with Gasteiger partial charge in [-0.05, 0) is 48.9 Å². The molecule has 128 valence electrons. The van der Waals surface area contributed by atoms with E-state index in [0.717, 1.165) is 5.56 Å². The van der Waals surface area contributed by atoms with E-state index in [0.29, 0.717) is 17.0 Å². The van der Waals surface area contributed by atoms with Gasteiger partial charge >= 0.3 is 5.97 Å². The van der Waals surface area contributed by atoms with Crippen molar-refractivity contribution in [2.75, 3.05) is 18.5 Å². The molecule has 6 heteroatoms. The van der Waals surface area contributed by atoms with Gasteiger partial charge in [-0.15, -0.1) is 0 Å². The minimum absolute atomic E-state index is 0.0537. The smallest absolute Gasteiger partial charge is 0.309 e. The van der Waals surface area contributed by atoms with Crippen LogP contribution in [0.25, 0.3) is 0 Å². The van der Waals surface area contributed by atoms with Crippen molar-refractivity contribution in [2.24, 2.45) is 0 Å². The van der Waals surface area contributed by atoms with Gasteiger partial charge in [-0.25, -0.2) is 0 Å². The summed E-state index contributed by atoms with van der Waals surface area (Å²) in [5.41, 5.74) is 2.10. The number of nitrogens with zero attached hydrogens (tertiary/aromatic N) is 1. The van der Waals surface area contributed by atoms with Gasteiger partial charge in [0.25, 0.3) is 5.91 Å². The summed E-state index contributed by atoms with van der Waals surface area (Å²) in [7, 11) is 0. The number of hydrogen-bond donors (Lipinski definition) is 1. The van der Waals surface area contributed by atoms with E-state index in [9.17, 15) is 9.59 Å². The van der Waals surface area contributed by atoms with Crippen molar-refractivity contribution in [3.63, 3.8) is 0 Å². The first kappa shape index (κ1) is 18.0. The molecule has 0 aliphatic carbocycles. The van der Waals surface area contributed by atoms with Crippen LogP contribution >= 0.6 is 0 Å². The van der Waals surface area contributed by atoms with Crippen LogP contribution in [0.3, 0.4) is 0 Å². The number of rotatable bonds is 7. The molecule has 2 aromatic rings. The molecule has 0 saturated heterocycles. The highest BCUT2D eigenvalue weighted by Gasteiger charge is 2.08. The van der Waals surface area contributed by atoms with Gasteiger partial charge < -0.3 is 14.8 Å². The van der Waals surface area contributed by atoms with Crippen molar-refractivity contribution in [1.82, 2.24) is 0 Å². The van der Waals surface area contributed by atoms with Gasteiger partial charge in [0.2, 0.25) is 0 Å². The van der Waals surface area contributed by atoms with Crippen LogP contribution in [-0.2, 0) is 14.3 Å². The van der Waals surface area contributed by atoms with E-state index in [1.807, 2.05) is 37.3 Å². The van der Waals surface area contributed by atoms with E-state index in [1.54, 1.807) is 24.3 Å². The lowest BCUT2D eigenvalue weighted by Crippen LogP contribution is -2.21. The molecule has 0 spiro atoms. The lowest BCUT2D eigenvalue weighted by molar-refractivity contribution is -0.147. The Labute approximate surface area is 146 Å². The van der Waals surface area contributed by atoms with Gasteiger partial charge in [0.1, 0.15) is 5.75 Å². The topological polar surface area (TPSA) is 88.4 Å². The van der Waals surface area contributed by atoms with Crippen molar-refractivity contribution < 1.29 is 19.1 Å². The minimum atomic E-state index is -0.511. The summed E-state index contributed by atoms with van der Waals surface area (Å²) in [4.78, 5) is 23.3. The monoisotopic (exact) mass is 338 g/mol. The van der Waals surface area contributed by atoms with Crippen LogP contribution in [0, 0.1) is 18.3 Å². The van der Waals surface area contributed by atoms with Crippen LogP contribution in [0.15, 0.2) is 48.5 Å². The Morgan fingerprint density at radius 3 is 2.60 bits per heavy atom. The highest BCUT2D eigenvalue weighted by Crippen LogP contribution is 2.12. The number of anilines is 1. The largest absolute Gasteiger partial charge is 0.493 e. The van der Waals surface area contributed by atoms with Crippen molar-refractivity contribution in [1.29, 1.82) is 5.26 Å². The van der Waals surface area contributed by atoms with E-state index in [-0.39, 0.29) is 19.6 Å². The van der Waals surface area contributed by atoms with Crippen LogP contribution in [0.2, 0.25) is 0 Å². The van der Waals surface area contributed by atoms with Crippen LogP contribution in [-0.4, -0.2) is 25.1 Å². The van der Waals surface area contributed by atoms with Crippen molar-refractivity contribution in [3.05, 3.63) is 59.7 Å². The van der Waals surface area contributed by atoms with Gasteiger partial charge in [0, 0.05) is 5.69 Å². The highest BCUT2D eigenvalue weighted by molar-refractivity contribution is 5.92. The maximum atomic E-state index is 11.7. The number of benzene rings is 2. The molecule has 0 heterocycles. The number of carbonyl (C=O) groups is 2. The van der Waals surface area contributed by atoms with Gasteiger partial charge in [-0.3, -0.25) is 9.59 Å². The molecular weight excluding hydrogens is 320 g/mol. The zero-order valence-electron chi connectivity index (χ0n) is 13.8. The molecule has 0 unspecified atom stereocenters. The Morgan fingerprint density at radius 1 is 1.16 bits per heavy atom. The van der Waals surface area contributed by atoms with Crippen LogP contribution in [0.4, 0.5) is 5.69 Å². The maximum Gasteiger partial charge on any atom is 0.309 e. The third-order valence-electron chi connectivity index (χ3n) is 3.23. The van der Waals surface area contributed by atoms with Crippen molar-refractivity contribution in [2.45, 2.75) is 13.3 Å². The second kappa shape index (κ2) is 9.08. The fourth-order valence-electron chi connectivity index (χ4n) is 2.00. The van der Waals surface area contributed by atoms with E-state index in [2.05, 4.69) is 5.32 Å². The second-order valence-electron chi connectivity index (χ2n) is 5.31. The molecule has 0 radical (unpaired) electrons. The molecule has 0 atom stereocenters. The van der Waals surface area contributed by atoms with E-state index >= 15 is 0 Å². The Balaban J connectivity index is 1.66. The molecule has 1 amide bonds. The fourth-order valence-corrected chi connectivity index (χ4v) is 2.00. The molecule has 0 fully saturated rings. The summed E-state index contributed by atoms with van der Waals surface area (Å²) in [5.74, 6) is -0.272. The second-order valence-corrected chi connectivity index (χ2v) is 5.31. The first-order chi connectivity index (χ1) is 12.1. The normalized spacial score (nSPS) is 9.76. The number of nitrogens with one attached hydrogen (secondary N) is 1. The summed E-state index contributed by atoms with van der Waals surface area (Å²) < 4.78 is 10.4. The van der Waals surface area contributed by atoms with Crippen LogP contribution < -0.4 is 10.1 Å². The minimum Gasteiger partial charge on any atom is -0.493 e. The maximum absolute atomic E-state index is 11.7. The third-order valence-corrected chi connectivity index (χ3v) is 3.23. The predicted octanol–water partition coefficient (Wildman–Crippen LogP) is 2.82. The highest BCUT2D eigenvalue weighted by atomic mass is 16.5. The zero-order valence-corrected chi connectivity index (χ0v) is 13.8. The number of carbonyl (C=O) groups excluding carboxylic acids is 2. The zero-order chi connectivity index (χ0) is 18.1. The Morgan fingerprint density at radius 2 is 1.92 bits per heavy atom. The SMILES string of the molecule is Cc1cccc(OCCC(=O)OCC(=O)Nc2ccc(C#N)cc2)c1. The molecule has 0 saturated carbocycles. The number of hydrogen-bond acceptors (Lipinski definition) is 5. The lowest BCUT2D eigenvalue weighted by atomic mass is 10.2. The quantitative estimate of drug-likeness (QED) is 0.784. The molecule has 2 aromatic carbocycles. The number of aryl methyl sites for hydroxylation is 1. The summed E-state index contributed by atoms with van der Waals surface area (Å²) in [6.45, 7) is 1.76. The molecule has 0 aliphatic rings. The molecule has 2 rings (SSSR count). The lowest BCUT2D eigenvalue weighted by Gasteiger charge is -2.08. The third kappa shape index (κ3) is 6.36. The molecule has 6 nitrogen and oxygen atoms in total. The Hall–Kier alpha value is -3.33. The number of ether oxygens (including phenoxy) is 2. The standard InChI is InChI=1S/C19H18N2O4/c1-14-3-2-4-17(11-14)24-10-9-19(23)25-13-18(22)21-16-7-5-15(12-20)6-8-16/h2-8,11H,9-10,13H2,1H3,(H,21,22). The van der Waals surface area contributed by atoms with Gasteiger partial charge in [-0.2, -0.15) is 5.26 Å². The molecule has 0 bridgehead atoms. The number of amides is 1. The molecule has 1 N–H and O–H groups in total. The van der Waals surface area contributed by atoms with E-state index < -0.39 is 11.9 Å². The number of nitriles is 1. The number of esters is 1. The predicted molar refractivity (Wildman–Crippen MR) is 92.0 cm³/mol. The van der Waals surface area contributed by atoms with E-state index in [4.69, 9.17) is 14.7 Å². The summed E-state index contributed by atoms with van der Waals surface area (Å²) in [6.07, 6.45) is 0.0537. The first-order valence-corrected chi connectivity index (χ1v) is 7.72. The van der Waals surface area contributed by atoms with Crippen molar-refractivity contribution >= 4 is 17.6 Å². The van der Waals surface area contributed by atoms with E-state index in [1.165, 1.54) is 0 Å². The van der Waals surface area contributed by atoms with Gasteiger partial charge in [0.15, 0.2) is 6.61 Å². The van der Waals surface area contributed by atoms with Gasteiger partial charge in [0.05, 0.1) is 24.7 Å².